The van der Waals surface area contributed by atoms with Gasteiger partial charge in [-0.2, -0.15) is 4.31 Å². The molecule has 7 nitrogen and oxygen atoms in total. The molecule has 0 saturated carbocycles. The van der Waals surface area contributed by atoms with E-state index >= 15 is 0 Å². The number of carboxylic acids is 1. The number of rotatable bonds is 6. The van der Waals surface area contributed by atoms with Crippen LogP contribution in [0.2, 0.25) is 0 Å². The molecule has 1 aliphatic rings. The van der Waals surface area contributed by atoms with Gasteiger partial charge >= 0.3 is 5.97 Å². The molecule has 156 valence electrons. The van der Waals surface area contributed by atoms with Crippen LogP contribution in [-0.2, 0) is 21.2 Å². The lowest BCUT2D eigenvalue weighted by Gasteiger charge is -2.29. The average Bonchev–Trinajstić information content (AvgIpc) is 3.09. The number of anilines is 1. The smallest absolute Gasteiger partial charge is 0.307 e. The standard InChI is InChI=1S/C20H24N2O5S2/c1-3-17-13(2)11-18(28-17)19(23)21-15-6-8-16(9-7-15)29(26,27)22-10-4-5-14(12-22)20(24)25/h6-9,11,14H,3-5,10,12H2,1-2H3,(H,21,23)(H,24,25)/t14-/m1/s1. The molecule has 2 N–H and O–H groups in total. The Bertz CT molecular complexity index is 1010. The van der Waals surface area contributed by atoms with Crippen LogP contribution >= 0.6 is 11.3 Å². The van der Waals surface area contributed by atoms with Gasteiger partial charge in [0.15, 0.2) is 0 Å². The van der Waals surface area contributed by atoms with E-state index in [1.54, 1.807) is 12.1 Å². The summed E-state index contributed by atoms with van der Waals surface area (Å²) in [6, 6.07) is 7.82. The van der Waals surface area contributed by atoms with E-state index in [2.05, 4.69) is 5.32 Å². The predicted octanol–water partition coefficient (Wildman–Crippen LogP) is 3.36. The van der Waals surface area contributed by atoms with E-state index in [-0.39, 0.29) is 17.3 Å². The van der Waals surface area contributed by atoms with Gasteiger partial charge in [-0.25, -0.2) is 8.42 Å². The highest BCUT2D eigenvalue weighted by Gasteiger charge is 2.33. The molecule has 3 rings (SSSR count). The van der Waals surface area contributed by atoms with E-state index < -0.39 is 21.9 Å². The fourth-order valence-corrected chi connectivity index (χ4v) is 5.93. The SMILES string of the molecule is CCc1sc(C(=O)Nc2ccc(S(=O)(=O)N3CCC[C@@H](C(=O)O)C3)cc2)cc1C. The van der Waals surface area contributed by atoms with E-state index in [4.69, 9.17) is 0 Å². The minimum atomic E-state index is -3.77. The second-order valence-electron chi connectivity index (χ2n) is 7.09. The van der Waals surface area contributed by atoms with E-state index in [0.717, 1.165) is 16.9 Å². The number of benzene rings is 1. The van der Waals surface area contributed by atoms with Crippen molar-refractivity contribution in [2.45, 2.75) is 38.0 Å². The van der Waals surface area contributed by atoms with Crippen molar-refractivity contribution in [2.24, 2.45) is 5.92 Å². The zero-order chi connectivity index (χ0) is 21.2. The summed E-state index contributed by atoms with van der Waals surface area (Å²) in [5.74, 6) is -1.88. The molecule has 2 heterocycles. The number of aliphatic carboxylic acids is 1. The lowest BCUT2D eigenvalue weighted by Crippen LogP contribution is -2.42. The molecule has 1 fully saturated rings. The number of nitrogens with one attached hydrogen (secondary N) is 1. The van der Waals surface area contributed by atoms with Crippen molar-refractivity contribution in [1.29, 1.82) is 0 Å². The summed E-state index contributed by atoms with van der Waals surface area (Å²) < 4.78 is 26.9. The van der Waals surface area contributed by atoms with Gasteiger partial charge in [-0.1, -0.05) is 6.92 Å². The predicted molar refractivity (Wildman–Crippen MR) is 112 cm³/mol. The average molecular weight is 437 g/mol. The van der Waals surface area contributed by atoms with Crippen LogP contribution in [0.15, 0.2) is 35.2 Å². The van der Waals surface area contributed by atoms with Crippen molar-refractivity contribution in [2.75, 3.05) is 18.4 Å². The van der Waals surface area contributed by atoms with Crippen LogP contribution in [0.3, 0.4) is 0 Å². The minimum Gasteiger partial charge on any atom is -0.481 e. The quantitative estimate of drug-likeness (QED) is 0.723. The second kappa shape index (κ2) is 8.64. The summed E-state index contributed by atoms with van der Waals surface area (Å²) in [5, 5.41) is 12.0. The van der Waals surface area contributed by atoms with Gasteiger partial charge in [-0.15, -0.1) is 11.3 Å². The first-order valence-corrected chi connectivity index (χ1v) is 11.7. The van der Waals surface area contributed by atoms with E-state index in [1.165, 1.54) is 27.8 Å². The van der Waals surface area contributed by atoms with E-state index in [9.17, 15) is 23.1 Å². The number of piperidine rings is 1. The molecule has 1 aliphatic heterocycles. The maximum absolute atomic E-state index is 12.8. The molecule has 0 aliphatic carbocycles. The Balaban J connectivity index is 1.72. The summed E-state index contributed by atoms with van der Waals surface area (Å²) in [5.41, 5.74) is 1.59. The number of amides is 1. The van der Waals surface area contributed by atoms with Crippen molar-refractivity contribution in [3.63, 3.8) is 0 Å². The first-order valence-electron chi connectivity index (χ1n) is 9.46. The molecule has 0 bridgehead atoms. The Kier molecular flexibility index (Phi) is 6.40. The normalized spacial score (nSPS) is 17.8. The largest absolute Gasteiger partial charge is 0.481 e. The number of carboxylic acid groups (broad SMARTS) is 1. The first kappa shape index (κ1) is 21.5. The van der Waals surface area contributed by atoms with Gasteiger partial charge in [0.05, 0.1) is 15.7 Å². The third-order valence-electron chi connectivity index (χ3n) is 5.05. The summed E-state index contributed by atoms with van der Waals surface area (Å²) >= 11 is 1.45. The van der Waals surface area contributed by atoms with Crippen LogP contribution in [0.4, 0.5) is 5.69 Å². The summed E-state index contributed by atoms with van der Waals surface area (Å²) in [7, 11) is -3.77. The topological polar surface area (TPSA) is 104 Å². The Morgan fingerprint density at radius 2 is 1.97 bits per heavy atom. The van der Waals surface area contributed by atoms with Crippen LogP contribution in [0.5, 0.6) is 0 Å². The maximum Gasteiger partial charge on any atom is 0.307 e. The van der Waals surface area contributed by atoms with Crippen LogP contribution < -0.4 is 5.32 Å². The molecule has 1 amide bonds. The van der Waals surface area contributed by atoms with Crippen molar-refractivity contribution in [3.8, 4) is 0 Å². The fraction of sp³-hybridized carbons (Fsp3) is 0.400. The number of hydrogen-bond donors (Lipinski definition) is 2. The molecular weight excluding hydrogens is 412 g/mol. The molecule has 0 radical (unpaired) electrons. The van der Waals surface area contributed by atoms with Crippen molar-refractivity contribution in [1.82, 2.24) is 4.31 Å². The van der Waals surface area contributed by atoms with Crippen LogP contribution in [0.25, 0.3) is 0 Å². The van der Waals surface area contributed by atoms with Crippen LogP contribution in [0.1, 0.15) is 39.9 Å². The minimum absolute atomic E-state index is 0.0202. The Morgan fingerprint density at radius 1 is 1.28 bits per heavy atom. The highest BCUT2D eigenvalue weighted by atomic mass is 32.2. The maximum atomic E-state index is 12.8. The number of hydrogen-bond acceptors (Lipinski definition) is 5. The number of carbonyl (C=O) groups is 2. The lowest BCUT2D eigenvalue weighted by molar-refractivity contribution is -0.142. The molecular formula is C20H24N2O5S2. The number of carbonyl (C=O) groups excluding carboxylic acids is 1. The number of sulfonamides is 1. The third-order valence-corrected chi connectivity index (χ3v) is 8.31. The zero-order valence-electron chi connectivity index (χ0n) is 16.3. The van der Waals surface area contributed by atoms with Gasteiger partial charge < -0.3 is 10.4 Å². The monoisotopic (exact) mass is 436 g/mol. The Hall–Kier alpha value is -2.23. The van der Waals surface area contributed by atoms with Gasteiger partial charge in [-0.3, -0.25) is 9.59 Å². The molecule has 1 atom stereocenters. The Labute approximate surface area is 174 Å². The highest BCUT2D eigenvalue weighted by molar-refractivity contribution is 7.89. The highest BCUT2D eigenvalue weighted by Crippen LogP contribution is 2.26. The van der Waals surface area contributed by atoms with Crippen LogP contribution in [0, 0.1) is 12.8 Å². The third kappa shape index (κ3) is 4.68. The number of thiophene rings is 1. The molecule has 1 saturated heterocycles. The van der Waals surface area contributed by atoms with Gasteiger partial charge in [0.1, 0.15) is 0 Å². The molecule has 9 heteroatoms. The van der Waals surface area contributed by atoms with Gasteiger partial charge in [-0.05, 0) is 62.1 Å². The van der Waals surface area contributed by atoms with E-state index in [0.29, 0.717) is 30.0 Å². The van der Waals surface area contributed by atoms with Crippen molar-refractivity contribution >= 4 is 38.9 Å². The summed E-state index contributed by atoms with van der Waals surface area (Å²) in [6.45, 7) is 4.30. The molecule has 1 aromatic carbocycles. The molecule has 29 heavy (non-hydrogen) atoms. The van der Waals surface area contributed by atoms with Crippen molar-refractivity contribution in [3.05, 3.63) is 45.6 Å². The number of aryl methyl sites for hydroxylation is 2. The fourth-order valence-electron chi connectivity index (χ4n) is 3.40. The second-order valence-corrected chi connectivity index (χ2v) is 10.2. The zero-order valence-corrected chi connectivity index (χ0v) is 18.0. The van der Waals surface area contributed by atoms with Crippen LogP contribution in [-0.4, -0.2) is 42.8 Å². The Morgan fingerprint density at radius 3 is 2.55 bits per heavy atom. The lowest BCUT2D eigenvalue weighted by atomic mass is 10.0. The van der Waals surface area contributed by atoms with Gasteiger partial charge in [0, 0.05) is 23.7 Å². The molecule has 1 aromatic heterocycles. The van der Waals surface area contributed by atoms with Gasteiger partial charge in [0.2, 0.25) is 10.0 Å². The molecule has 0 spiro atoms. The van der Waals surface area contributed by atoms with Gasteiger partial charge in [0.25, 0.3) is 5.91 Å². The summed E-state index contributed by atoms with van der Waals surface area (Å²) in [4.78, 5) is 25.5. The van der Waals surface area contributed by atoms with Crippen molar-refractivity contribution < 1.29 is 23.1 Å². The molecule has 2 aromatic rings. The van der Waals surface area contributed by atoms with E-state index in [1.807, 2.05) is 19.9 Å². The summed E-state index contributed by atoms with van der Waals surface area (Å²) in [6.07, 6.45) is 1.87. The first-order chi connectivity index (χ1) is 13.7. The number of nitrogens with zero attached hydrogens (tertiary/aromatic N) is 1. The molecule has 0 unspecified atom stereocenters.